The van der Waals surface area contributed by atoms with E-state index in [1.807, 2.05) is 4.90 Å². The normalized spacial score (nSPS) is 16.2. The van der Waals surface area contributed by atoms with Crippen molar-refractivity contribution in [3.63, 3.8) is 0 Å². The van der Waals surface area contributed by atoms with Gasteiger partial charge >= 0.3 is 0 Å². The van der Waals surface area contributed by atoms with Crippen LogP contribution < -0.4 is 5.73 Å². The second-order valence-corrected chi connectivity index (χ2v) is 5.18. The van der Waals surface area contributed by atoms with Crippen LogP contribution in [-0.2, 0) is 0 Å². The molecule has 0 spiro atoms. The zero-order valence-corrected chi connectivity index (χ0v) is 11.6. The maximum absolute atomic E-state index is 13.6. The van der Waals surface area contributed by atoms with Crippen LogP contribution in [0.15, 0.2) is 18.2 Å². The van der Waals surface area contributed by atoms with Gasteiger partial charge in [0.05, 0.1) is 10.6 Å². The SMILES string of the molecule is NC(=S)CN1CCN(C(=O)c2ccc(F)cc2F)CC1. The van der Waals surface area contributed by atoms with Gasteiger partial charge in [0.2, 0.25) is 0 Å². The minimum Gasteiger partial charge on any atom is -0.392 e. The molecule has 1 amide bonds. The topological polar surface area (TPSA) is 49.6 Å². The highest BCUT2D eigenvalue weighted by Crippen LogP contribution is 2.14. The largest absolute Gasteiger partial charge is 0.392 e. The summed E-state index contributed by atoms with van der Waals surface area (Å²) in [6.45, 7) is 2.72. The zero-order chi connectivity index (χ0) is 14.7. The fourth-order valence-electron chi connectivity index (χ4n) is 2.16. The van der Waals surface area contributed by atoms with E-state index >= 15 is 0 Å². The van der Waals surface area contributed by atoms with Crippen molar-refractivity contribution >= 4 is 23.1 Å². The summed E-state index contributed by atoms with van der Waals surface area (Å²) in [5, 5.41) is 0. The molecule has 1 aliphatic rings. The van der Waals surface area contributed by atoms with E-state index in [0.29, 0.717) is 37.7 Å². The molecule has 0 bridgehead atoms. The highest BCUT2D eigenvalue weighted by Gasteiger charge is 2.24. The van der Waals surface area contributed by atoms with Gasteiger partial charge in [-0.25, -0.2) is 8.78 Å². The summed E-state index contributed by atoms with van der Waals surface area (Å²) < 4.78 is 26.4. The predicted molar refractivity (Wildman–Crippen MR) is 75.5 cm³/mol. The maximum atomic E-state index is 13.6. The lowest BCUT2D eigenvalue weighted by Gasteiger charge is -2.34. The minimum absolute atomic E-state index is 0.103. The molecular weight excluding hydrogens is 284 g/mol. The lowest BCUT2D eigenvalue weighted by molar-refractivity contribution is 0.0649. The maximum Gasteiger partial charge on any atom is 0.256 e. The molecule has 1 aromatic rings. The van der Waals surface area contributed by atoms with Gasteiger partial charge in [-0.05, 0) is 12.1 Å². The lowest BCUT2D eigenvalue weighted by Crippen LogP contribution is -2.50. The predicted octanol–water partition coefficient (Wildman–Crippen LogP) is 1.01. The van der Waals surface area contributed by atoms with E-state index in [9.17, 15) is 13.6 Å². The summed E-state index contributed by atoms with van der Waals surface area (Å²) in [4.78, 5) is 16.1. The van der Waals surface area contributed by atoms with Gasteiger partial charge in [-0.2, -0.15) is 0 Å². The summed E-state index contributed by atoms with van der Waals surface area (Å²) in [5.41, 5.74) is 5.36. The molecule has 108 valence electrons. The van der Waals surface area contributed by atoms with E-state index in [2.05, 4.69) is 0 Å². The first-order valence-corrected chi connectivity index (χ1v) is 6.63. The Morgan fingerprint density at radius 3 is 2.45 bits per heavy atom. The Hall–Kier alpha value is -1.60. The fraction of sp³-hybridized carbons (Fsp3) is 0.385. The molecule has 20 heavy (non-hydrogen) atoms. The third-order valence-corrected chi connectivity index (χ3v) is 3.33. The number of thiocarbonyl (C=S) groups is 1. The average Bonchev–Trinajstić information content (AvgIpc) is 2.38. The summed E-state index contributed by atoms with van der Waals surface area (Å²) in [6, 6.07) is 2.98. The Bertz CT molecular complexity index is 530. The highest BCUT2D eigenvalue weighted by molar-refractivity contribution is 7.80. The Kier molecular flexibility index (Phi) is 4.61. The van der Waals surface area contributed by atoms with Crippen molar-refractivity contribution in [3.8, 4) is 0 Å². The van der Waals surface area contributed by atoms with Crippen molar-refractivity contribution in [2.45, 2.75) is 0 Å². The number of hydrogen-bond donors (Lipinski definition) is 1. The van der Waals surface area contributed by atoms with Crippen LogP contribution in [0.25, 0.3) is 0 Å². The Labute approximate surface area is 121 Å². The van der Waals surface area contributed by atoms with Gasteiger partial charge in [-0.3, -0.25) is 9.69 Å². The van der Waals surface area contributed by atoms with E-state index < -0.39 is 17.5 Å². The Morgan fingerprint density at radius 1 is 1.25 bits per heavy atom. The van der Waals surface area contributed by atoms with Crippen LogP contribution in [-0.4, -0.2) is 53.4 Å². The number of rotatable bonds is 3. The second-order valence-electron chi connectivity index (χ2n) is 4.66. The molecule has 0 radical (unpaired) electrons. The second kappa shape index (κ2) is 6.23. The van der Waals surface area contributed by atoms with E-state index in [1.54, 1.807) is 4.90 Å². The third-order valence-electron chi connectivity index (χ3n) is 3.20. The van der Waals surface area contributed by atoms with Crippen molar-refractivity contribution in [3.05, 3.63) is 35.4 Å². The van der Waals surface area contributed by atoms with Crippen molar-refractivity contribution in [1.82, 2.24) is 9.80 Å². The number of nitrogens with two attached hydrogens (primary N) is 1. The molecule has 4 nitrogen and oxygen atoms in total. The number of hydrogen-bond acceptors (Lipinski definition) is 3. The van der Waals surface area contributed by atoms with E-state index in [0.717, 1.165) is 12.1 Å². The third kappa shape index (κ3) is 3.49. The Balaban J connectivity index is 1.99. The molecule has 2 rings (SSSR count). The van der Waals surface area contributed by atoms with E-state index in [-0.39, 0.29) is 5.56 Å². The number of carbonyl (C=O) groups excluding carboxylic acids is 1. The smallest absolute Gasteiger partial charge is 0.256 e. The van der Waals surface area contributed by atoms with E-state index in [1.165, 1.54) is 6.07 Å². The van der Waals surface area contributed by atoms with Crippen LogP contribution in [0, 0.1) is 11.6 Å². The minimum atomic E-state index is -0.833. The first kappa shape index (κ1) is 14.8. The van der Waals surface area contributed by atoms with Crippen LogP contribution in [0.1, 0.15) is 10.4 Å². The molecule has 1 aromatic carbocycles. The first-order chi connectivity index (χ1) is 9.47. The van der Waals surface area contributed by atoms with Crippen molar-refractivity contribution < 1.29 is 13.6 Å². The van der Waals surface area contributed by atoms with Crippen molar-refractivity contribution in [1.29, 1.82) is 0 Å². The average molecular weight is 299 g/mol. The number of benzene rings is 1. The zero-order valence-electron chi connectivity index (χ0n) is 10.8. The van der Waals surface area contributed by atoms with Crippen LogP contribution in [0.3, 0.4) is 0 Å². The fourth-order valence-corrected chi connectivity index (χ4v) is 2.35. The molecule has 1 saturated heterocycles. The number of halogens is 2. The molecule has 1 fully saturated rings. The van der Waals surface area contributed by atoms with Crippen molar-refractivity contribution in [2.24, 2.45) is 5.73 Å². The molecule has 7 heteroatoms. The van der Waals surface area contributed by atoms with Gasteiger partial charge in [0.25, 0.3) is 5.91 Å². The summed E-state index contributed by atoms with van der Waals surface area (Å²) in [6.07, 6.45) is 0. The van der Waals surface area contributed by atoms with Gasteiger partial charge in [0.1, 0.15) is 11.6 Å². The number of amides is 1. The van der Waals surface area contributed by atoms with Gasteiger partial charge in [0, 0.05) is 38.8 Å². The molecule has 0 saturated carbocycles. The quantitative estimate of drug-likeness (QED) is 0.846. The van der Waals surface area contributed by atoms with Gasteiger partial charge in [0.15, 0.2) is 0 Å². The van der Waals surface area contributed by atoms with Gasteiger partial charge in [-0.15, -0.1) is 0 Å². The summed E-state index contributed by atoms with van der Waals surface area (Å²) >= 11 is 4.83. The summed E-state index contributed by atoms with van der Waals surface area (Å²) in [7, 11) is 0. The van der Waals surface area contributed by atoms with Crippen LogP contribution in [0.4, 0.5) is 8.78 Å². The molecule has 1 heterocycles. The van der Waals surface area contributed by atoms with Crippen LogP contribution in [0.2, 0.25) is 0 Å². The van der Waals surface area contributed by atoms with Crippen LogP contribution in [0.5, 0.6) is 0 Å². The highest BCUT2D eigenvalue weighted by atomic mass is 32.1. The van der Waals surface area contributed by atoms with Gasteiger partial charge in [-0.1, -0.05) is 12.2 Å². The molecule has 2 N–H and O–H groups in total. The molecule has 0 aliphatic carbocycles. The lowest BCUT2D eigenvalue weighted by atomic mass is 10.1. The monoisotopic (exact) mass is 299 g/mol. The Morgan fingerprint density at radius 2 is 1.90 bits per heavy atom. The molecule has 0 aromatic heterocycles. The van der Waals surface area contributed by atoms with Crippen LogP contribution >= 0.6 is 12.2 Å². The first-order valence-electron chi connectivity index (χ1n) is 6.22. The molecular formula is C13H15F2N3OS. The standard InChI is InChI=1S/C13H15F2N3OS/c14-9-1-2-10(11(15)7-9)13(19)18-5-3-17(4-6-18)8-12(16)20/h1-2,7H,3-6,8H2,(H2,16,20). The molecule has 0 atom stereocenters. The van der Waals surface area contributed by atoms with Gasteiger partial charge < -0.3 is 10.6 Å². The number of piperazine rings is 1. The molecule has 0 unspecified atom stereocenters. The number of nitrogens with zero attached hydrogens (tertiary/aromatic N) is 2. The van der Waals surface area contributed by atoms with E-state index in [4.69, 9.17) is 18.0 Å². The van der Waals surface area contributed by atoms with Crippen molar-refractivity contribution in [2.75, 3.05) is 32.7 Å². The number of carbonyl (C=O) groups is 1. The summed E-state index contributed by atoms with van der Waals surface area (Å²) in [5.74, 6) is -1.95. The molecule has 1 aliphatic heterocycles.